The SMILES string of the molecule is C=C(C)C(=O)Oc1ccc(C(C)(c2ccccc2)c2ccc(OC(=O)C(=C)C)cc2)cc1. The van der Waals surface area contributed by atoms with Crippen molar-refractivity contribution in [2.45, 2.75) is 26.2 Å². The molecule has 0 spiro atoms. The van der Waals surface area contributed by atoms with Crippen molar-refractivity contribution in [3.8, 4) is 11.5 Å². The minimum absolute atomic E-state index is 0.343. The molecule has 0 aliphatic rings. The fourth-order valence-electron chi connectivity index (χ4n) is 3.37. The molecule has 4 nitrogen and oxygen atoms in total. The maximum Gasteiger partial charge on any atom is 0.338 e. The highest BCUT2D eigenvalue weighted by molar-refractivity contribution is 5.89. The van der Waals surface area contributed by atoms with E-state index >= 15 is 0 Å². The van der Waals surface area contributed by atoms with Crippen LogP contribution >= 0.6 is 0 Å². The second-order valence-corrected chi connectivity index (χ2v) is 7.88. The molecule has 0 unspecified atom stereocenters. The van der Waals surface area contributed by atoms with E-state index < -0.39 is 17.4 Å². The lowest BCUT2D eigenvalue weighted by atomic mass is 9.71. The van der Waals surface area contributed by atoms with Crippen LogP contribution in [-0.4, -0.2) is 11.9 Å². The highest BCUT2D eigenvalue weighted by Gasteiger charge is 2.31. The zero-order valence-electron chi connectivity index (χ0n) is 18.6. The molecule has 162 valence electrons. The Kier molecular flexibility index (Phi) is 6.74. The second-order valence-electron chi connectivity index (χ2n) is 7.88. The lowest BCUT2D eigenvalue weighted by Crippen LogP contribution is -2.25. The van der Waals surface area contributed by atoms with Gasteiger partial charge in [0.25, 0.3) is 0 Å². The van der Waals surface area contributed by atoms with E-state index in [1.54, 1.807) is 38.1 Å². The molecule has 0 saturated carbocycles. The first-order chi connectivity index (χ1) is 15.2. The summed E-state index contributed by atoms with van der Waals surface area (Å²) in [5, 5.41) is 0. The fraction of sp³-hybridized carbons (Fsp3) is 0.143. The molecule has 0 saturated heterocycles. The number of ether oxygens (including phenoxy) is 2. The molecule has 0 bridgehead atoms. The summed E-state index contributed by atoms with van der Waals surface area (Å²) in [7, 11) is 0. The van der Waals surface area contributed by atoms with E-state index in [0.29, 0.717) is 22.6 Å². The summed E-state index contributed by atoms with van der Waals surface area (Å²) in [5.41, 5.74) is 3.33. The van der Waals surface area contributed by atoms with Gasteiger partial charge in [-0.25, -0.2) is 9.59 Å². The Bertz CT molecular complexity index is 1070. The van der Waals surface area contributed by atoms with Crippen molar-refractivity contribution in [1.29, 1.82) is 0 Å². The third-order valence-electron chi connectivity index (χ3n) is 5.33. The summed E-state index contributed by atoms with van der Waals surface area (Å²) >= 11 is 0. The van der Waals surface area contributed by atoms with Gasteiger partial charge in [0.15, 0.2) is 0 Å². The zero-order valence-corrected chi connectivity index (χ0v) is 18.6. The van der Waals surface area contributed by atoms with Crippen LogP contribution in [-0.2, 0) is 15.0 Å². The average Bonchev–Trinajstić information content (AvgIpc) is 2.80. The van der Waals surface area contributed by atoms with Crippen molar-refractivity contribution < 1.29 is 19.1 Å². The summed E-state index contributed by atoms with van der Waals surface area (Å²) in [6.07, 6.45) is 0. The predicted molar refractivity (Wildman–Crippen MR) is 126 cm³/mol. The number of carbonyl (C=O) groups excluding carboxylic acids is 2. The van der Waals surface area contributed by atoms with Crippen LogP contribution in [0.25, 0.3) is 0 Å². The van der Waals surface area contributed by atoms with Gasteiger partial charge in [0.1, 0.15) is 11.5 Å². The van der Waals surface area contributed by atoms with E-state index in [9.17, 15) is 9.59 Å². The Morgan fingerprint density at radius 2 is 0.969 bits per heavy atom. The lowest BCUT2D eigenvalue weighted by molar-refractivity contribution is -0.130. The lowest BCUT2D eigenvalue weighted by Gasteiger charge is -2.32. The molecule has 3 aromatic rings. The van der Waals surface area contributed by atoms with E-state index in [4.69, 9.17) is 9.47 Å². The summed E-state index contributed by atoms with van der Waals surface area (Å²) in [5.74, 6) is 0.00497. The van der Waals surface area contributed by atoms with Gasteiger partial charge in [-0.15, -0.1) is 0 Å². The maximum atomic E-state index is 11.8. The molecule has 32 heavy (non-hydrogen) atoms. The molecular weight excluding hydrogens is 400 g/mol. The number of hydrogen-bond acceptors (Lipinski definition) is 4. The van der Waals surface area contributed by atoms with E-state index in [1.807, 2.05) is 42.5 Å². The molecule has 0 radical (unpaired) electrons. The van der Waals surface area contributed by atoms with Crippen molar-refractivity contribution in [3.63, 3.8) is 0 Å². The molecule has 4 heteroatoms. The summed E-state index contributed by atoms with van der Waals surface area (Å²) in [4.78, 5) is 23.6. The highest BCUT2D eigenvalue weighted by atomic mass is 16.5. The van der Waals surface area contributed by atoms with Crippen LogP contribution in [0.2, 0.25) is 0 Å². The largest absolute Gasteiger partial charge is 0.423 e. The topological polar surface area (TPSA) is 52.6 Å². The molecule has 0 N–H and O–H groups in total. The van der Waals surface area contributed by atoms with Gasteiger partial charge in [0, 0.05) is 16.6 Å². The smallest absolute Gasteiger partial charge is 0.338 e. The molecule has 0 amide bonds. The highest BCUT2D eigenvalue weighted by Crippen LogP contribution is 2.40. The molecule has 3 aromatic carbocycles. The van der Waals surface area contributed by atoms with Gasteiger partial charge in [0.05, 0.1) is 0 Å². The minimum atomic E-state index is -0.491. The maximum absolute atomic E-state index is 11.8. The van der Waals surface area contributed by atoms with Gasteiger partial charge in [-0.05, 0) is 61.7 Å². The average molecular weight is 427 g/mol. The summed E-state index contributed by atoms with van der Waals surface area (Å²) in [6.45, 7) is 12.6. The first-order valence-electron chi connectivity index (χ1n) is 10.2. The third kappa shape index (κ3) is 4.86. The molecular formula is C28H26O4. The number of carbonyl (C=O) groups is 2. The Morgan fingerprint density at radius 3 is 1.31 bits per heavy atom. The van der Waals surface area contributed by atoms with Crippen LogP contribution in [0.3, 0.4) is 0 Å². The van der Waals surface area contributed by atoms with Gasteiger partial charge >= 0.3 is 11.9 Å². The van der Waals surface area contributed by atoms with Crippen molar-refractivity contribution in [3.05, 3.63) is 120 Å². The molecule has 0 aliphatic heterocycles. The van der Waals surface area contributed by atoms with Crippen molar-refractivity contribution in [2.75, 3.05) is 0 Å². The van der Waals surface area contributed by atoms with Gasteiger partial charge in [-0.1, -0.05) is 67.8 Å². The van der Waals surface area contributed by atoms with Crippen molar-refractivity contribution in [2.24, 2.45) is 0 Å². The summed E-state index contributed by atoms with van der Waals surface area (Å²) < 4.78 is 10.7. The molecule has 3 rings (SSSR count). The van der Waals surface area contributed by atoms with E-state index in [0.717, 1.165) is 16.7 Å². The zero-order chi connectivity index (χ0) is 23.3. The monoisotopic (exact) mass is 426 g/mol. The molecule has 0 heterocycles. The number of esters is 2. The van der Waals surface area contributed by atoms with Crippen LogP contribution in [0.1, 0.15) is 37.5 Å². The van der Waals surface area contributed by atoms with Crippen LogP contribution in [0.4, 0.5) is 0 Å². The first kappa shape index (κ1) is 22.8. The van der Waals surface area contributed by atoms with Crippen molar-refractivity contribution in [1.82, 2.24) is 0 Å². The third-order valence-corrected chi connectivity index (χ3v) is 5.33. The minimum Gasteiger partial charge on any atom is -0.423 e. The molecule has 0 fully saturated rings. The predicted octanol–water partition coefficient (Wildman–Crippen LogP) is 6.00. The number of hydrogen-bond donors (Lipinski definition) is 0. The molecule has 0 aromatic heterocycles. The van der Waals surface area contributed by atoms with Crippen LogP contribution in [0, 0.1) is 0 Å². The van der Waals surface area contributed by atoms with Crippen molar-refractivity contribution >= 4 is 11.9 Å². The summed E-state index contributed by atoms with van der Waals surface area (Å²) in [6, 6.07) is 25.0. The normalized spacial score (nSPS) is 10.8. The molecule has 0 atom stereocenters. The Morgan fingerprint density at radius 1 is 0.625 bits per heavy atom. The molecule has 0 aliphatic carbocycles. The fourth-order valence-corrected chi connectivity index (χ4v) is 3.37. The van der Waals surface area contributed by atoms with Gasteiger partial charge < -0.3 is 9.47 Å². The van der Waals surface area contributed by atoms with E-state index in [1.165, 1.54) is 0 Å². The second kappa shape index (κ2) is 9.48. The van der Waals surface area contributed by atoms with E-state index in [2.05, 4.69) is 32.2 Å². The first-order valence-corrected chi connectivity index (χ1v) is 10.2. The van der Waals surface area contributed by atoms with Gasteiger partial charge in [-0.3, -0.25) is 0 Å². The number of rotatable bonds is 7. The Labute approximate surface area is 188 Å². The Hall–Kier alpha value is -3.92. The van der Waals surface area contributed by atoms with Crippen LogP contribution < -0.4 is 9.47 Å². The van der Waals surface area contributed by atoms with Gasteiger partial charge in [-0.2, -0.15) is 0 Å². The number of benzene rings is 3. The Balaban J connectivity index is 1.99. The van der Waals surface area contributed by atoms with Crippen LogP contribution in [0.15, 0.2) is 103 Å². The van der Waals surface area contributed by atoms with Gasteiger partial charge in [0.2, 0.25) is 0 Å². The quantitative estimate of drug-likeness (QED) is 0.201. The standard InChI is InChI=1S/C28H26O4/c1-19(2)26(29)31-24-15-11-22(12-16-24)28(5,21-9-7-6-8-10-21)23-13-17-25(18-14-23)32-27(30)20(3)4/h6-18H,1,3H2,2,4-5H3. The van der Waals surface area contributed by atoms with Crippen LogP contribution in [0.5, 0.6) is 11.5 Å². The van der Waals surface area contributed by atoms with E-state index in [-0.39, 0.29) is 0 Å².